The lowest BCUT2D eigenvalue weighted by molar-refractivity contribution is 0.442. The maximum atomic E-state index is 5.97. The minimum Gasteiger partial charge on any atom is -0.330 e. The van der Waals surface area contributed by atoms with E-state index in [9.17, 15) is 0 Å². The Morgan fingerprint density at radius 2 is 2.09 bits per heavy atom. The van der Waals surface area contributed by atoms with Crippen LogP contribution in [0.5, 0.6) is 0 Å². The normalized spacial score (nSPS) is 36.1. The highest BCUT2D eigenvalue weighted by molar-refractivity contribution is 5.26. The zero-order valence-electron chi connectivity index (χ0n) is 6.53. The quantitative estimate of drug-likeness (QED) is 0.500. The van der Waals surface area contributed by atoms with E-state index in [-0.39, 0.29) is 6.04 Å². The van der Waals surface area contributed by atoms with Crippen LogP contribution in [0, 0.1) is 0 Å². The first-order valence-electron chi connectivity index (χ1n) is 3.79. The molecule has 1 aliphatic carbocycles. The summed E-state index contributed by atoms with van der Waals surface area (Å²) in [6.45, 7) is 0.572. The maximum absolute atomic E-state index is 5.97. The van der Waals surface area contributed by atoms with Gasteiger partial charge in [-0.2, -0.15) is 0 Å². The summed E-state index contributed by atoms with van der Waals surface area (Å²) in [5.74, 6) is 0. The number of hydrogen-bond donors (Lipinski definition) is 3. The summed E-state index contributed by atoms with van der Waals surface area (Å²) in [6, 6.07) is -0.101. The van der Waals surface area contributed by atoms with Crippen molar-refractivity contribution in [1.29, 1.82) is 0 Å². The van der Waals surface area contributed by atoms with Gasteiger partial charge in [-0.25, -0.2) is 0 Å². The van der Waals surface area contributed by atoms with Crippen molar-refractivity contribution in [2.24, 2.45) is 17.2 Å². The molecule has 1 aliphatic rings. The van der Waals surface area contributed by atoms with Crippen molar-refractivity contribution in [2.45, 2.75) is 18.0 Å². The molecule has 0 aliphatic heterocycles. The highest BCUT2D eigenvalue weighted by Crippen LogP contribution is 2.16. The average molecular weight is 153 g/mol. The molecule has 0 aromatic heterocycles. The average Bonchev–Trinajstić information content (AvgIpc) is 1.96. The van der Waals surface area contributed by atoms with E-state index in [1.54, 1.807) is 0 Å². The van der Waals surface area contributed by atoms with Crippen molar-refractivity contribution >= 4 is 0 Å². The Morgan fingerprint density at radius 3 is 2.64 bits per heavy atom. The molecule has 0 amide bonds. The Labute approximate surface area is 66.9 Å². The van der Waals surface area contributed by atoms with Crippen LogP contribution in [-0.2, 0) is 0 Å². The number of hydrogen-bond acceptors (Lipinski definition) is 3. The third kappa shape index (κ3) is 1.68. The van der Waals surface area contributed by atoms with Gasteiger partial charge in [0.05, 0.1) is 5.54 Å². The molecule has 0 bridgehead atoms. The molecule has 6 N–H and O–H groups in total. The molecule has 11 heavy (non-hydrogen) atoms. The zero-order chi connectivity index (χ0) is 8.32. The van der Waals surface area contributed by atoms with Crippen molar-refractivity contribution in [3.8, 4) is 0 Å². The van der Waals surface area contributed by atoms with Crippen molar-refractivity contribution in [3.63, 3.8) is 0 Å². The van der Waals surface area contributed by atoms with Crippen LogP contribution in [0.15, 0.2) is 24.3 Å². The standard InChI is InChI=1S/C8H15N3/c9-6-5-8(11)4-2-1-3-7(8)10/h1-4,7H,5-6,9-11H2. The second kappa shape index (κ2) is 3.17. The van der Waals surface area contributed by atoms with E-state index in [0.717, 1.165) is 6.42 Å². The van der Waals surface area contributed by atoms with Gasteiger partial charge >= 0.3 is 0 Å². The predicted molar refractivity (Wildman–Crippen MR) is 46.8 cm³/mol. The molecule has 3 nitrogen and oxygen atoms in total. The fourth-order valence-corrected chi connectivity index (χ4v) is 1.21. The summed E-state index contributed by atoms with van der Waals surface area (Å²) < 4.78 is 0. The SMILES string of the molecule is NCCC1(N)C=CC=CC1N. The van der Waals surface area contributed by atoms with Crippen molar-refractivity contribution in [1.82, 2.24) is 0 Å². The first-order valence-corrected chi connectivity index (χ1v) is 3.79. The van der Waals surface area contributed by atoms with E-state index in [0.29, 0.717) is 6.54 Å². The highest BCUT2D eigenvalue weighted by atomic mass is 14.8. The van der Waals surface area contributed by atoms with E-state index in [2.05, 4.69) is 0 Å². The van der Waals surface area contributed by atoms with Crippen LogP contribution in [0.25, 0.3) is 0 Å². The summed E-state index contributed by atoms with van der Waals surface area (Å²) in [5.41, 5.74) is 16.7. The maximum Gasteiger partial charge on any atom is 0.0544 e. The minimum absolute atomic E-state index is 0.101. The van der Waals surface area contributed by atoms with E-state index in [4.69, 9.17) is 17.2 Å². The lowest BCUT2D eigenvalue weighted by Gasteiger charge is -2.31. The van der Waals surface area contributed by atoms with Gasteiger partial charge in [0.2, 0.25) is 0 Å². The van der Waals surface area contributed by atoms with Crippen molar-refractivity contribution in [2.75, 3.05) is 6.54 Å². The highest BCUT2D eigenvalue weighted by Gasteiger charge is 2.28. The van der Waals surface area contributed by atoms with Gasteiger partial charge in [0, 0.05) is 6.04 Å². The van der Waals surface area contributed by atoms with Crippen molar-refractivity contribution in [3.05, 3.63) is 24.3 Å². The molecule has 2 atom stereocenters. The van der Waals surface area contributed by atoms with Crippen LogP contribution >= 0.6 is 0 Å². The molecule has 62 valence electrons. The fraction of sp³-hybridized carbons (Fsp3) is 0.500. The second-order valence-electron chi connectivity index (χ2n) is 2.92. The second-order valence-corrected chi connectivity index (χ2v) is 2.92. The first-order chi connectivity index (χ1) is 5.19. The van der Waals surface area contributed by atoms with Crippen LogP contribution in [-0.4, -0.2) is 18.1 Å². The van der Waals surface area contributed by atoms with Crippen LogP contribution in [0.4, 0.5) is 0 Å². The Balaban J connectivity index is 2.68. The molecule has 0 spiro atoms. The van der Waals surface area contributed by atoms with Gasteiger partial charge < -0.3 is 17.2 Å². The largest absolute Gasteiger partial charge is 0.330 e. The smallest absolute Gasteiger partial charge is 0.0544 e. The molecule has 0 radical (unpaired) electrons. The lowest BCUT2D eigenvalue weighted by atomic mass is 9.85. The van der Waals surface area contributed by atoms with Crippen LogP contribution < -0.4 is 17.2 Å². The molecule has 1 rings (SSSR count). The van der Waals surface area contributed by atoms with E-state index >= 15 is 0 Å². The molecule has 0 saturated carbocycles. The summed E-state index contributed by atoms with van der Waals surface area (Å²) in [4.78, 5) is 0. The molecule has 0 aromatic rings. The number of rotatable bonds is 2. The zero-order valence-corrected chi connectivity index (χ0v) is 6.53. The minimum atomic E-state index is -0.427. The monoisotopic (exact) mass is 153 g/mol. The van der Waals surface area contributed by atoms with Crippen LogP contribution in [0.2, 0.25) is 0 Å². The van der Waals surface area contributed by atoms with Gasteiger partial charge in [-0.3, -0.25) is 0 Å². The molecule has 2 unspecified atom stereocenters. The number of nitrogens with two attached hydrogens (primary N) is 3. The van der Waals surface area contributed by atoms with E-state index < -0.39 is 5.54 Å². The van der Waals surface area contributed by atoms with E-state index in [1.807, 2.05) is 24.3 Å². The molecule has 0 fully saturated rings. The summed E-state index contributed by atoms with van der Waals surface area (Å²) >= 11 is 0. The van der Waals surface area contributed by atoms with Gasteiger partial charge in [-0.1, -0.05) is 24.3 Å². The fourth-order valence-electron chi connectivity index (χ4n) is 1.21. The topological polar surface area (TPSA) is 78.1 Å². The van der Waals surface area contributed by atoms with Gasteiger partial charge in [0.1, 0.15) is 0 Å². The molecule has 0 aromatic carbocycles. The molecule has 0 heterocycles. The number of allylic oxidation sites excluding steroid dienone is 2. The lowest BCUT2D eigenvalue weighted by Crippen LogP contribution is -2.54. The molecule has 0 saturated heterocycles. The molecular formula is C8H15N3. The predicted octanol–water partition coefficient (Wildman–Crippen LogP) is -0.514. The van der Waals surface area contributed by atoms with E-state index in [1.165, 1.54) is 0 Å². The third-order valence-corrected chi connectivity index (χ3v) is 2.03. The first kappa shape index (κ1) is 8.46. The molecular weight excluding hydrogens is 138 g/mol. The Kier molecular flexibility index (Phi) is 2.44. The van der Waals surface area contributed by atoms with Gasteiger partial charge in [-0.15, -0.1) is 0 Å². The van der Waals surface area contributed by atoms with Gasteiger partial charge in [-0.05, 0) is 13.0 Å². The third-order valence-electron chi connectivity index (χ3n) is 2.03. The van der Waals surface area contributed by atoms with Crippen LogP contribution in [0.1, 0.15) is 6.42 Å². The summed E-state index contributed by atoms with van der Waals surface area (Å²) in [6.07, 6.45) is 8.38. The molecule has 3 heteroatoms. The Hall–Kier alpha value is -0.640. The Bertz CT molecular complexity index is 186. The Morgan fingerprint density at radius 1 is 1.36 bits per heavy atom. The summed E-state index contributed by atoms with van der Waals surface area (Å²) in [5, 5.41) is 0. The van der Waals surface area contributed by atoms with Crippen LogP contribution in [0.3, 0.4) is 0 Å². The van der Waals surface area contributed by atoms with Gasteiger partial charge in [0.15, 0.2) is 0 Å². The summed E-state index contributed by atoms with van der Waals surface area (Å²) in [7, 11) is 0. The van der Waals surface area contributed by atoms with Crippen molar-refractivity contribution < 1.29 is 0 Å². The van der Waals surface area contributed by atoms with Gasteiger partial charge in [0.25, 0.3) is 0 Å².